The van der Waals surface area contributed by atoms with E-state index in [2.05, 4.69) is 15.3 Å². The molecule has 0 spiro atoms. The Kier molecular flexibility index (Phi) is 4.38. The van der Waals surface area contributed by atoms with E-state index < -0.39 is 11.7 Å². The smallest absolute Gasteiger partial charge is 0.418 e. The lowest BCUT2D eigenvalue weighted by atomic mass is 10.1. The molecule has 0 atom stereocenters. The van der Waals surface area contributed by atoms with Crippen LogP contribution in [0.2, 0.25) is 0 Å². The molecule has 2 heterocycles. The maximum Gasteiger partial charge on any atom is 0.418 e. The number of rotatable bonds is 4. The third kappa shape index (κ3) is 3.36. The van der Waals surface area contributed by atoms with E-state index in [1.54, 1.807) is 48.6 Å². The van der Waals surface area contributed by atoms with Crippen LogP contribution >= 0.6 is 0 Å². The minimum absolute atomic E-state index is 0.0993. The number of benzene rings is 2. The minimum Gasteiger partial charge on any atom is -0.497 e. The van der Waals surface area contributed by atoms with Gasteiger partial charge in [-0.3, -0.25) is 4.98 Å². The number of halogens is 3. The topological polar surface area (TPSA) is 52.0 Å². The van der Waals surface area contributed by atoms with Crippen molar-refractivity contribution in [3.63, 3.8) is 0 Å². The Morgan fingerprint density at radius 1 is 1.07 bits per heavy atom. The number of anilines is 2. The highest BCUT2D eigenvalue weighted by atomic mass is 19.4. The summed E-state index contributed by atoms with van der Waals surface area (Å²) in [7, 11) is 1.55. The Bertz CT molecular complexity index is 1120. The van der Waals surface area contributed by atoms with Crippen molar-refractivity contribution in [2.45, 2.75) is 6.18 Å². The normalized spacial score (nSPS) is 11.6. The van der Waals surface area contributed by atoms with E-state index >= 15 is 0 Å². The van der Waals surface area contributed by atoms with Crippen molar-refractivity contribution < 1.29 is 17.9 Å². The van der Waals surface area contributed by atoms with Crippen LogP contribution < -0.4 is 10.1 Å². The van der Waals surface area contributed by atoms with Gasteiger partial charge >= 0.3 is 6.18 Å². The van der Waals surface area contributed by atoms with Crippen LogP contribution in [0.5, 0.6) is 5.75 Å². The summed E-state index contributed by atoms with van der Waals surface area (Å²) in [6.45, 7) is 0. The summed E-state index contributed by atoms with van der Waals surface area (Å²) in [5, 5.41) is 3.56. The molecule has 1 N–H and O–H groups in total. The molecular weight excluding hydrogens is 369 g/mol. The van der Waals surface area contributed by atoms with Gasteiger partial charge in [-0.15, -0.1) is 0 Å². The van der Waals surface area contributed by atoms with Crippen LogP contribution in [0, 0.1) is 0 Å². The average Bonchev–Trinajstić information content (AvgIpc) is 3.22. The zero-order valence-electron chi connectivity index (χ0n) is 14.7. The summed E-state index contributed by atoms with van der Waals surface area (Å²) in [6, 6.07) is 11.1. The largest absolute Gasteiger partial charge is 0.497 e. The van der Waals surface area contributed by atoms with Gasteiger partial charge in [0.15, 0.2) is 0 Å². The van der Waals surface area contributed by atoms with E-state index in [4.69, 9.17) is 4.74 Å². The third-order valence-corrected chi connectivity index (χ3v) is 4.28. The second-order valence-corrected chi connectivity index (χ2v) is 6.07. The van der Waals surface area contributed by atoms with Crippen molar-refractivity contribution in [2.75, 3.05) is 12.4 Å². The predicted octanol–water partition coefficient (Wildman–Crippen LogP) is 5.19. The summed E-state index contributed by atoms with van der Waals surface area (Å²) in [5.41, 5.74) is 1.11. The molecule has 142 valence electrons. The zero-order valence-corrected chi connectivity index (χ0v) is 14.7. The molecule has 0 amide bonds. The van der Waals surface area contributed by atoms with Crippen molar-refractivity contribution in [1.82, 2.24) is 14.5 Å². The van der Waals surface area contributed by atoms with Crippen LogP contribution in [0.1, 0.15) is 5.56 Å². The molecule has 5 nitrogen and oxygen atoms in total. The lowest BCUT2D eigenvalue weighted by Gasteiger charge is -2.15. The molecule has 2 aromatic heterocycles. The quantitative estimate of drug-likeness (QED) is 0.526. The van der Waals surface area contributed by atoms with Crippen LogP contribution in [0.4, 0.5) is 24.5 Å². The van der Waals surface area contributed by atoms with Crippen LogP contribution in [0.25, 0.3) is 16.6 Å². The number of ether oxygens (including phenoxy) is 1. The lowest BCUT2D eigenvalue weighted by Crippen LogP contribution is -2.07. The van der Waals surface area contributed by atoms with Gasteiger partial charge in [-0.2, -0.15) is 13.2 Å². The highest BCUT2D eigenvalue weighted by Crippen LogP contribution is 2.36. The molecule has 28 heavy (non-hydrogen) atoms. The molecule has 0 bridgehead atoms. The van der Waals surface area contributed by atoms with E-state index in [0.29, 0.717) is 22.5 Å². The lowest BCUT2D eigenvalue weighted by molar-refractivity contribution is -0.136. The molecular formula is C20H15F3N4O. The Labute approximate surface area is 158 Å². The van der Waals surface area contributed by atoms with Crippen molar-refractivity contribution in [3.8, 4) is 11.4 Å². The number of pyridine rings is 1. The Morgan fingerprint density at radius 3 is 2.64 bits per heavy atom. The summed E-state index contributed by atoms with van der Waals surface area (Å²) in [6.07, 6.45) is 1.97. The van der Waals surface area contributed by atoms with Crippen molar-refractivity contribution >= 4 is 22.3 Å². The standard InChI is InChI=1S/C20H15F3N4O/c1-28-15-10-13(9-14(11-15)27-8-7-24-12-27)26-18-5-6-25-19-16(18)3-2-4-17(19)20(21,22)23/h2-12H,1H3,(H,25,26). The highest BCUT2D eigenvalue weighted by molar-refractivity contribution is 5.95. The monoisotopic (exact) mass is 384 g/mol. The van der Waals surface area contributed by atoms with Crippen molar-refractivity contribution in [3.05, 3.63) is 72.9 Å². The van der Waals surface area contributed by atoms with Gasteiger partial charge in [-0.05, 0) is 18.2 Å². The number of hydrogen-bond donors (Lipinski definition) is 1. The maximum absolute atomic E-state index is 13.3. The van der Waals surface area contributed by atoms with E-state index in [1.165, 1.54) is 12.3 Å². The number of hydrogen-bond acceptors (Lipinski definition) is 4. The Balaban J connectivity index is 1.80. The Morgan fingerprint density at radius 2 is 1.93 bits per heavy atom. The molecule has 0 unspecified atom stereocenters. The minimum atomic E-state index is -4.48. The molecule has 0 radical (unpaired) electrons. The first kappa shape index (κ1) is 17.8. The number of para-hydroxylation sites is 1. The first-order valence-electron chi connectivity index (χ1n) is 8.35. The van der Waals surface area contributed by atoms with Gasteiger partial charge in [0.25, 0.3) is 0 Å². The third-order valence-electron chi connectivity index (χ3n) is 4.28. The summed E-state index contributed by atoms with van der Waals surface area (Å²) < 4.78 is 47.1. The fourth-order valence-electron chi connectivity index (χ4n) is 3.00. The molecule has 0 saturated carbocycles. The molecule has 8 heteroatoms. The van der Waals surface area contributed by atoms with Gasteiger partial charge in [0.05, 0.1) is 30.2 Å². The van der Waals surface area contributed by atoms with E-state index in [0.717, 1.165) is 11.8 Å². The maximum atomic E-state index is 13.3. The van der Waals surface area contributed by atoms with Crippen LogP contribution in [0.3, 0.4) is 0 Å². The van der Waals surface area contributed by atoms with E-state index in [9.17, 15) is 13.2 Å². The Hall–Kier alpha value is -3.55. The first-order valence-corrected chi connectivity index (χ1v) is 8.35. The van der Waals surface area contributed by atoms with E-state index in [-0.39, 0.29) is 5.52 Å². The molecule has 0 fully saturated rings. The average molecular weight is 384 g/mol. The number of nitrogens with one attached hydrogen (secondary N) is 1. The molecule has 4 aromatic rings. The summed E-state index contributed by atoms with van der Waals surface area (Å²) in [4.78, 5) is 7.97. The number of fused-ring (bicyclic) bond motifs is 1. The first-order chi connectivity index (χ1) is 13.5. The van der Waals surface area contributed by atoms with Crippen LogP contribution in [-0.4, -0.2) is 21.6 Å². The summed E-state index contributed by atoms with van der Waals surface area (Å²) >= 11 is 0. The SMILES string of the molecule is COc1cc(Nc2ccnc3c(C(F)(F)F)cccc23)cc(-n2ccnc2)c1. The van der Waals surface area contributed by atoms with Crippen molar-refractivity contribution in [2.24, 2.45) is 0 Å². The van der Waals surface area contributed by atoms with Gasteiger partial charge in [0.1, 0.15) is 5.75 Å². The number of aromatic nitrogens is 3. The van der Waals surface area contributed by atoms with Gasteiger partial charge in [-0.1, -0.05) is 12.1 Å². The zero-order chi connectivity index (χ0) is 19.7. The number of nitrogens with zero attached hydrogens (tertiary/aromatic N) is 3. The fraction of sp³-hybridized carbons (Fsp3) is 0.100. The van der Waals surface area contributed by atoms with Gasteiger partial charge in [0.2, 0.25) is 0 Å². The number of imidazole rings is 1. The molecule has 0 aliphatic rings. The van der Waals surface area contributed by atoms with Crippen molar-refractivity contribution in [1.29, 1.82) is 0 Å². The fourth-order valence-corrected chi connectivity index (χ4v) is 3.00. The number of methoxy groups -OCH3 is 1. The van der Waals surface area contributed by atoms with Gasteiger partial charge in [-0.25, -0.2) is 4.98 Å². The van der Waals surface area contributed by atoms with Crippen LogP contribution in [0.15, 0.2) is 67.4 Å². The van der Waals surface area contributed by atoms with Gasteiger partial charge in [0, 0.05) is 47.5 Å². The molecule has 2 aromatic carbocycles. The van der Waals surface area contributed by atoms with Crippen LogP contribution in [-0.2, 0) is 6.18 Å². The molecule has 4 rings (SSSR count). The highest BCUT2D eigenvalue weighted by Gasteiger charge is 2.33. The second-order valence-electron chi connectivity index (χ2n) is 6.07. The number of alkyl halides is 3. The summed E-state index contributed by atoms with van der Waals surface area (Å²) in [5.74, 6) is 0.600. The molecule has 0 aliphatic heterocycles. The second kappa shape index (κ2) is 6.88. The van der Waals surface area contributed by atoms with Gasteiger partial charge < -0.3 is 14.6 Å². The molecule has 0 aliphatic carbocycles. The van der Waals surface area contributed by atoms with E-state index in [1.807, 2.05) is 12.1 Å². The molecule has 0 saturated heterocycles. The predicted molar refractivity (Wildman–Crippen MR) is 100 cm³/mol.